The zero-order valence-electron chi connectivity index (χ0n) is 18.3. The normalized spacial score (nSPS) is 11.9. The predicted molar refractivity (Wildman–Crippen MR) is 119 cm³/mol. The Kier molecular flexibility index (Phi) is 5.68. The van der Waals surface area contributed by atoms with E-state index in [2.05, 4.69) is 20.4 Å². The molecule has 2 aromatic heterocycles. The van der Waals surface area contributed by atoms with Crippen LogP contribution in [0.25, 0.3) is 5.78 Å². The second kappa shape index (κ2) is 8.58. The molecule has 1 amide bonds. The van der Waals surface area contributed by atoms with E-state index in [0.29, 0.717) is 17.0 Å². The van der Waals surface area contributed by atoms with E-state index < -0.39 is 18.0 Å². The Morgan fingerprint density at radius 2 is 1.62 bits per heavy atom. The molecule has 2 heterocycles. The monoisotopic (exact) mass is 429 g/mol. The second-order valence-electron chi connectivity index (χ2n) is 7.75. The summed E-state index contributed by atoms with van der Waals surface area (Å²) >= 11 is 0. The average Bonchev–Trinajstić information content (AvgIpc) is 3.16. The van der Waals surface area contributed by atoms with Crippen molar-refractivity contribution in [2.45, 2.75) is 33.8 Å². The number of amides is 1. The molecule has 0 bridgehead atoms. The van der Waals surface area contributed by atoms with Gasteiger partial charge >= 0.3 is 5.97 Å². The standard InChI is InChI=1S/C24H23N5O3/c1-14-10-15(2)12-19(11-14)26-22(30)20(18-8-6-5-7-9-18)32-23(31)21-27-24-25-16(3)13-17(4)29(24)28-21/h5-13,20H,1-4H3,(H,26,30)/t20-/m0/s1. The SMILES string of the molecule is Cc1cc(C)cc(NC(=O)[C@@H](OC(=O)c2nc3nc(C)cc(C)n3n2)c2ccccc2)c1. The Balaban J connectivity index is 1.63. The first-order valence-electron chi connectivity index (χ1n) is 10.2. The van der Waals surface area contributed by atoms with E-state index in [4.69, 9.17) is 4.74 Å². The van der Waals surface area contributed by atoms with Crippen molar-refractivity contribution in [3.63, 3.8) is 0 Å². The van der Waals surface area contributed by atoms with Gasteiger partial charge in [-0.3, -0.25) is 4.79 Å². The lowest BCUT2D eigenvalue weighted by atomic mass is 10.1. The molecule has 4 aromatic rings. The molecule has 0 spiro atoms. The number of esters is 1. The molecule has 2 aromatic carbocycles. The van der Waals surface area contributed by atoms with Crippen LogP contribution in [0.3, 0.4) is 0 Å². The second-order valence-corrected chi connectivity index (χ2v) is 7.75. The van der Waals surface area contributed by atoms with E-state index in [1.54, 1.807) is 24.3 Å². The molecule has 0 radical (unpaired) electrons. The number of carbonyl (C=O) groups excluding carboxylic acids is 2. The molecular formula is C24H23N5O3. The summed E-state index contributed by atoms with van der Waals surface area (Å²) in [5, 5.41) is 7.05. The fourth-order valence-electron chi connectivity index (χ4n) is 3.57. The van der Waals surface area contributed by atoms with Crippen molar-refractivity contribution in [1.82, 2.24) is 19.6 Å². The van der Waals surface area contributed by atoms with Crippen LogP contribution in [0.1, 0.15) is 44.8 Å². The predicted octanol–water partition coefficient (Wildman–Crippen LogP) is 3.89. The Bertz CT molecular complexity index is 1290. The Morgan fingerprint density at radius 3 is 2.31 bits per heavy atom. The van der Waals surface area contributed by atoms with E-state index in [0.717, 1.165) is 22.5 Å². The maximum atomic E-state index is 13.1. The minimum Gasteiger partial charge on any atom is -0.441 e. The lowest BCUT2D eigenvalue weighted by Gasteiger charge is -2.17. The van der Waals surface area contributed by atoms with Crippen molar-refractivity contribution in [3.8, 4) is 0 Å². The van der Waals surface area contributed by atoms with Crippen molar-refractivity contribution in [2.24, 2.45) is 0 Å². The Hall–Kier alpha value is -4.07. The molecule has 162 valence electrons. The number of anilines is 1. The van der Waals surface area contributed by atoms with Crippen molar-refractivity contribution < 1.29 is 14.3 Å². The summed E-state index contributed by atoms with van der Waals surface area (Å²) < 4.78 is 7.07. The largest absolute Gasteiger partial charge is 0.441 e. The summed E-state index contributed by atoms with van der Waals surface area (Å²) in [7, 11) is 0. The molecule has 1 N–H and O–H groups in total. The van der Waals surface area contributed by atoms with Crippen molar-refractivity contribution in [2.75, 3.05) is 5.32 Å². The Morgan fingerprint density at radius 1 is 0.938 bits per heavy atom. The van der Waals surface area contributed by atoms with Gasteiger partial charge in [-0.1, -0.05) is 36.4 Å². The van der Waals surface area contributed by atoms with Gasteiger partial charge in [0.15, 0.2) is 0 Å². The first kappa shape index (κ1) is 21.2. The zero-order chi connectivity index (χ0) is 22.8. The number of hydrogen-bond acceptors (Lipinski definition) is 6. The van der Waals surface area contributed by atoms with E-state index in [1.165, 1.54) is 4.52 Å². The number of nitrogens with one attached hydrogen (secondary N) is 1. The highest BCUT2D eigenvalue weighted by atomic mass is 16.5. The van der Waals surface area contributed by atoms with Gasteiger partial charge in [-0.05, 0) is 57.0 Å². The highest BCUT2D eigenvalue weighted by Crippen LogP contribution is 2.22. The molecule has 0 fully saturated rings. The maximum Gasteiger partial charge on any atom is 0.379 e. The van der Waals surface area contributed by atoms with E-state index in [1.807, 2.05) is 58.0 Å². The van der Waals surface area contributed by atoms with Gasteiger partial charge in [0.2, 0.25) is 6.10 Å². The molecule has 0 aliphatic heterocycles. The summed E-state index contributed by atoms with van der Waals surface area (Å²) in [5.74, 6) is -1.14. The van der Waals surface area contributed by atoms with Crippen LogP contribution in [0.5, 0.6) is 0 Å². The molecule has 0 saturated carbocycles. The third-order valence-corrected chi connectivity index (χ3v) is 4.86. The molecule has 0 unspecified atom stereocenters. The van der Waals surface area contributed by atoms with Crippen LogP contribution in [0, 0.1) is 27.7 Å². The molecule has 0 aliphatic rings. The van der Waals surface area contributed by atoms with Crippen molar-refractivity contribution in [1.29, 1.82) is 0 Å². The lowest BCUT2D eigenvalue weighted by molar-refractivity contribution is -0.125. The quantitative estimate of drug-likeness (QED) is 0.483. The van der Waals surface area contributed by atoms with Crippen LogP contribution in [0.15, 0.2) is 54.6 Å². The zero-order valence-corrected chi connectivity index (χ0v) is 18.3. The van der Waals surface area contributed by atoms with Crippen LogP contribution in [-0.4, -0.2) is 31.5 Å². The first-order valence-corrected chi connectivity index (χ1v) is 10.2. The molecule has 8 heteroatoms. The summed E-state index contributed by atoms with van der Waals surface area (Å²) in [6.07, 6.45) is -1.17. The van der Waals surface area contributed by atoms with Gasteiger partial charge in [0, 0.05) is 22.6 Å². The molecule has 0 saturated heterocycles. The number of nitrogens with zero attached hydrogens (tertiary/aromatic N) is 4. The van der Waals surface area contributed by atoms with E-state index in [-0.39, 0.29) is 5.82 Å². The lowest BCUT2D eigenvalue weighted by Crippen LogP contribution is -2.26. The third kappa shape index (κ3) is 4.49. The molecule has 32 heavy (non-hydrogen) atoms. The first-order chi connectivity index (χ1) is 15.3. The average molecular weight is 429 g/mol. The summed E-state index contributed by atoms with van der Waals surface area (Å²) in [6.45, 7) is 7.58. The highest BCUT2D eigenvalue weighted by Gasteiger charge is 2.28. The number of ether oxygens (including phenoxy) is 1. The molecule has 1 atom stereocenters. The van der Waals surface area contributed by atoms with Crippen LogP contribution in [0.2, 0.25) is 0 Å². The number of benzene rings is 2. The fourth-order valence-corrected chi connectivity index (χ4v) is 3.57. The smallest absolute Gasteiger partial charge is 0.379 e. The Labute approximate surface area is 185 Å². The van der Waals surface area contributed by atoms with Crippen LogP contribution < -0.4 is 5.32 Å². The van der Waals surface area contributed by atoms with E-state index >= 15 is 0 Å². The van der Waals surface area contributed by atoms with E-state index in [9.17, 15) is 9.59 Å². The number of fused-ring (bicyclic) bond motifs is 1. The van der Waals surface area contributed by atoms with Gasteiger partial charge in [0.05, 0.1) is 0 Å². The number of aryl methyl sites for hydroxylation is 4. The topological polar surface area (TPSA) is 98.5 Å². The number of carbonyl (C=O) groups is 2. The van der Waals surface area contributed by atoms with Gasteiger partial charge in [-0.15, -0.1) is 5.10 Å². The van der Waals surface area contributed by atoms with Gasteiger partial charge in [-0.2, -0.15) is 4.98 Å². The summed E-state index contributed by atoms with van der Waals surface area (Å²) in [4.78, 5) is 34.5. The minimum absolute atomic E-state index is 0.161. The number of aromatic nitrogens is 4. The minimum atomic E-state index is -1.17. The van der Waals surface area contributed by atoms with Gasteiger partial charge < -0.3 is 10.1 Å². The number of hydrogen-bond donors (Lipinski definition) is 1. The van der Waals surface area contributed by atoms with Gasteiger partial charge in [0.1, 0.15) is 0 Å². The highest BCUT2D eigenvalue weighted by molar-refractivity contribution is 5.97. The third-order valence-electron chi connectivity index (χ3n) is 4.86. The molecule has 4 rings (SSSR count). The number of rotatable bonds is 5. The molecule has 8 nitrogen and oxygen atoms in total. The molecular weight excluding hydrogens is 406 g/mol. The van der Waals surface area contributed by atoms with Crippen LogP contribution >= 0.6 is 0 Å². The van der Waals surface area contributed by atoms with Crippen LogP contribution in [-0.2, 0) is 9.53 Å². The van der Waals surface area contributed by atoms with Gasteiger partial charge in [-0.25, -0.2) is 14.3 Å². The van der Waals surface area contributed by atoms with Crippen molar-refractivity contribution in [3.05, 3.63) is 88.5 Å². The molecule has 0 aliphatic carbocycles. The van der Waals surface area contributed by atoms with Gasteiger partial charge in [0.25, 0.3) is 17.5 Å². The maximum absolute atomic E-state index is 13.1. The van der Waals surface area contributed by atoms with Crippen molar-refractivity contribution >= 4 is 23.3 Å². The van der Waals surface area contributed by atoms with Crippen LogP contribution in [0.4, 0.5) is 5.69 Å². The summed E-state index contributed by atoms with van der Waals surface area (Å²) in [5.41, 5.74) is 4.74. The fraction of sp³-hybridized carbons (Fsp3) is 0.208. The summed E-state index contributed by atoms with van der Waals surface area (Å²) in [6, 6.07) is 16.4.